The summed E-state index contributed by atoms with van der Waals surface area (Å²) in [5.74, 6) is 6.97. The van der Waals surface area contributed by atoms with Gasteiger partial charge < -0.3 is 9.15 Å². The van der Waals surface area contributed by atoms with Crippen LogP contribution in [0.15, 0.2) is 67.7 Å². The van der Waals surface area contributed by atoms with E-state index in [0.29, 0.717) is 23.0 Å². The maximum Gasteiger partial charge on any atom is 0.342 e. The Morgan fingerprint density at radius 2 is 1.92 bits per heavy atom. The lowest BCUT2D eigenvalue weighted by Crippen LogP contribution is -2.46. The van der Waals surface area contributed by atoms with E-state index in [1.165, 1.54) is 46.8 Å². The van der Waals surface area contributed by atoms with E-state index in [1.807, 2.05) is 6.92 Å². The van der Waals surface area contributed by atoms with Gasteiger partial charge >= 0.3 is 6.03 Å². The molecule has 2 aromatic rings. The van der Waals surface area contributed by atoms with E-state index in [9.17, 15) is 13.2 Å². The number of amidine groups is 1. The maximum atomic E-state index is 13.4. The molecule has 2 amide bonds. The monoisotopic (exact) mass is 515 g/mol. The van der Waals surface area contributed by atoms with Crippen molar-refractivity contribution in [3.63, 3.8) is 0 Å². The highest BCUT2D eigenvalue weighted by Crippen LogP contribution is 2.39. The molecule has 0 spiro atoms. The number of hydrazine groups is 2. The highest BCUT2D eigenvalue weighted by Gasteiger charge is 2.52. The Morgan fingerprint density at radius 1 is 1.14 bits per heavy atom. The van der Waals surface area contributed by atoms with E-state index >= 15 is 0 Å². The van der Waals surface area contributed by atoms with Gasteiger partial charge in [0.2, 0.25) is 6.29 Å². The minimum absolute atomic E-state index is 0.0415. The summed E-state index contributed by atoms with van der Waals surface area (Å²) in [5.41, 5.74) is 1.87. The Balaban J connectivity index is 1.42. The zero-order valence-electron chi connectivity index (χ0n) is 19.6. The van der Waals surface area contributed by atoms with Gasteiger partial charge in [0.15, 0.2) is 11.6 Å². The number of rotatable bonds is 9. The Hall–Kier alpha value is -3.72. The quantitative estimate of drug-likeness (QED) is 0.384. The molecule has 1 aromatic carbocycles. The molecule has 2 N–H and O–H groups in total. The summed E-state index contributed by atoms with van der Waals surface area (Å²) in [7, 11) is -2.46. The number of hydrogen-bond acceptors (Lipinski definition) is 11. The first kappa shape index (κ1) is 24.0. The molecule has 1 unspecified atom stereocenters. The zero-order valence-corrected chi connectivity index (χ0v) is 20.5. The average Bonchev–Trinajstić information content (AvgIpc) is 3.57. The lowest BCUT2D eigenvalue weighted by Gasteiger charge is -2.30. The van der Waals surface area contributed by atoms with Crippen LogP contribution < -0.4 is 5.84 Å². The lowest BCUT2D eigenvalue weighted by atomic mass is 10.2. The minimum atomic E-state index is -4.00. The van der Waals surface area contributed by atoms with Crippen molar-refractivity contribution < 1.29 is 26.5 Å². The number of nitrogens with zero attached hydrogens (tertiary/aromatic N) is 6. The summed E-state index contributed by atoms with van der Waals surface area (Å²) in [6.45, 7) is 2.03. The fourth-order valence-electron chi connectivity index (χ4n) is 4.07. The van der Waals surface area contributed by atoms with Crippen molar-refractivity contribution in [2.75, 3.05) is 33.4 Å². The maximum absolute atomic E-state index is 13.4. The van der Waals surface area contributed by atoms with Crippen LogP contribution >= 0.6 is 0 Å². The highest BCUT2D eigenvalue weighted by atomic mass is 32.2. The third kappa shape index (κ3) is 4.13. The van der Waals surface area contributed by atoms with E-state index < -0.39 is 16.4 Å². The highest BCUT2D eigenvalue weighted by molar-refractivity contribution is 7.86. The Labute approximate surface area is 207 Å². The van der Waals surface area contributed by atoms with E-state index in [2.05, 4.69) is 9.98 Å². The molecule has 0 saturated carbocycles. The van der Waals surface area contributed by atoms with Gasteiger partial charge in [0.25, 0.3) is 10.1 Å². The van der Waals surface area contributed by atoms with E-state index in [0.717, 1.165) is 5.56 Å². The molecule has 0 aliphatic carbocycles. The summed E-state index contributed by atoms with van der Waals surface area (Å²) in [5, 5.41) is 4.39. The Kier molecular flexibility index (Phi) is 6.26. The molecule has 0 bridgehead atoms. The van der Waals surface area contributed by atoms with E-state index in [4.69, 9.17) is 19.2 Å². The van der Waals surface area contributed by atoms with Gasteiger partial charge in [-0.25, -0.2) is 35.6 Å². The van der Waals surface area contributed by atoms with Crippen molar-refractivity contribution in [2.45, 2.75) is 18.1 Å². The van der Waals surface area contributed by atoms with Gasteiger partial charge in [-0.15, -0.1) is 0 Å². The van der Waals surface area contributed by atoms with Crippen molar-refractivity contribution in [1.82, 2.24) is 19.9 Å². The second kappa shape index (κ2) is 9.39. The average molecular weight is 516 g/mol. The van der Waals surface area contributed by atoms with Gasteiger partial charge in [-0.05, 0) is 31.2 Å². The van der Waals surface area contributed by atoms with Crippen LogP contribution in [-0.2, 0) is 19.0 Å². The first-order chi connectivity index (χ1) is 17.3. The molecule has 14 heteroatoms. The Bertz CT molecular complexity index is 1340. The number of furan rings is 1. The third-order valence-corrected chi connectivity index (χ3v) is 7.15. The van der Waals surface area contributed by atoms with Crippen LogP contribution in [0.4, 0.5) is 4.79 Å². The molecule has 1 aromatic heterocycles. The molecule has 1 atom stereocenters. The number of amides is 2. The predicted molar refractivity (Wildman–Crippen MR) is 128 cm³/mol. The number of nitrogens with two attached hydrogens (primary N) is 1. The molecule has 4 heterocycles. The molecule has 1 fully saturated rings. The fraction of sp³-hybridized carbons (Fsp3) is 0.318. The molecule has 190 valence electrons. The molecular formula is C22H25N7O6S. The van der Waals surface area contributed by atoms with Crippen molar-refractivity contribution >= 4 is 34.0 Å². The normalized spacial score (nSPS) is 19.4. The van der Waals surface area contributed by atoms with Crippen molar-refractivity contribution in [1.29, 1.82) is 0 Å². The third-order valence-electron chi connectivity index (χ3n) is 5.83. The van der Waals surface area contributed by atoms with Gasteiger partial charge in [-0.3, -0.25) is 9.08 Å². The number of carbonyl (C=O) groups is 1. The number of hydrogen-bond donors (Lipinski definition) is 1. The van der Waals surface area contributed by atoms with Gasteiger partial charge in [0, 0.05) is 7.11 Å². The largest absolute Gasteiger partial charge is 0.463 e. The topological polar surface area (TPSA) is 147 Å². The number of fused-ring (bicyclic) bond motifs is 3. The predicted octanol–water partition coefficient (Wildman–Crippen LogP) is 1.18. The number of aryl methyl sites for hydroxylation is 1. The van der Waals surface area contributed by atoms with E-state index in [-0.39, 0.29) is 37.2 Å². The van der Waals surface area contributed by atoms with Crippen molar-refractivity contribution in [2.24, 2.45) is 15.8 Å². The molecule has 3 aliphatic rings. The number of benzene rings is 1. The second-order valence-corrected chi connectivity index (χ2v) is 9.77. The number of carbonyl (C=O) groups excluding carboxylic acids is 1. The zero-order chi connectivity index (χ0) is 25.4. The molecule has 36 heavy (non-hydrogen) atoms. The fourth-order valence-corrected chi connectivity index (χ4v) is 4.97. The summed E-state index contributed by atoms with van der Waals surface area (Å²) in [6, 6.07) is 9.42. The SMILES string of the molecule is COCCN1C(=O)N(CCOS(=O)(=O)c2ccc(C)cc2)C2N=C3C(=C(c4ccco4)N=CN3N)N21. The van der Waals surface area contributed by atoms with Crippen LogP contribution in [0, 0.1) is 6.92 Å². The Morgan fingerprint density at radius 3 is 2.61 bits per heavy atom. The van der Waals surface area contributed by atoms with Crippen molar-refractivity contribution in [3.05, 3.63) is 59.7 Å². The first-order valence-corrected chi connectivity index (χ1v) is 12.5. The summed E-state index contributed by atoms with van der Waals surface area (Å²) in [4.78, 5) is 23.9. The number of aliphatic imine (C=N–C) groups is 2. The standard InChI is InChI=1S/C22H25N7O6S/c1-15-5-7-16(8-6-15)36(31,32)35-13-9-26-21-25-20-19(29(21)28(22(26)30)10-12-33-2)18(24-14-27(20)23)17-4-3-11-34-17/h3-8,11,14,21H,9-10,12-13,23H2,1-2H3. The second-order valence-electron chi connectivity index (χ2n) is 8.15. The minimum Gasteiger partial charge on any atom is -0.463 e. The molecule has 0 radical (unpaired) electrons. The van der Waals surface area contributed by atoms with Crippen LogP contribution in [0.5, 0.6) is 0 Å². The smallest absolute Gasteiger partial charge is 0.342 e. The summed E-state index contributed by atoms with van der Waals surface area (Å²) < 4.78 is 41.2. The number of methoxy groups -OCH3 is 1. The molecule has 13 nitrogen and oxygen atoms in total. The first-order valence-electron chi connectivity index (χ1n) is 11.1. The van der Waals surface area contributed by atoms with Crippen LogP contribution in [0.1, 0.15) is 11.3 Å². The van der Waals surface area contributed by atoms with Gasteiger partial charge in [0.1, 0.15) is 17.7 Å². The summed E-state index contributed by atoms with van der Waals surface area (Å²) >= 11 is 0. The van der Waals surface area contributed by atoms with Crippen LogP contribution in [-0.4, -0.2) is 86.3 Å². The van der Waals surface area contributed by atoms with Gasteiger partial charge in [-0.1, -0.05) is 17.7 Å². The molecule has 3 aliphatic heterocycles. The van der Waals surface area contributed by atoms with E-state index in [1.54, 1.807) is 29.3 Å². The number of urea groups is 1. The molecule has 1 saturated heterocycles. The molecular weight excluding hydrogens is 490 g/mol. The van der Waals surface area contributed by atoms with Gasteiger partial charge in [0.05, 0.1) is 37.5 Å². The lowest BCUT2D eigenvalue weighted by molar-refractivity contribution is 0.0401. The van der Waals surface area contributed by atoms with Gasteiger partial charge in [-0.2, -0.15) is 8.42 Å². The van der Waals surface area contributed by atoms with Crippen LogP contribution in [0.25, 0.3) is 5.70 Å². The molecule has 5 rings (SSSR count). The van der Waals surface area contributed by atoms with Crippen LogP contribution in [0.2, 0.25) is 0 Å². The van der Waals surface area contributed by atoms with Crippen LogP contribution in [0.3, 0.4) is 0 Å². The number of ether oxygens (including phenoxy) is 1. The summed E-state index contributed by atoms with van der Waals surface area (Å²) in [6.07, 6.45) is 2.11. The van der Waals surface area contributed by atoms with Crippen molar-refractivity contribution in [3.8, 4) is 0 Å².